The molecule has 0 spiro atoms. The summed E-state index contributed by atoms with van der Waals surface area (Å²) in [5, 5.41) is 2.48. The van der Waals surface area contributed by atoms with E-state index < -0.39 is 36.0 Å². The Morgan fingerprint density at radius 2 is 1.68 bits per heavy atom. The molecule has 4 rings (SSSR count). The number of nitrogens with zero attached hydrogens (tertiary/aromatic N) is 2. The average molecular weight is 431 g/mol. The number of amides is 3. The zero-order chi connectivity index (χ0) is 22.3. The number of nitrogens with one attached hydrogen (secondary N) is 1. The monoisotopic (exact) mass is 431 g/mol. The third-order valence-corrected chi connectivity index (χ3v) is 5.47. The Hall–Kier alpha value is -3.36. The van der Waals surface area contributed by atoms with Crippen molar-refractivity contribution in [1.29, 1.82) is 0 Å². The number of rotatable bonds is 4. The molecular weight excluding hydrogens is 411 g/mol. The average Bonchev–Trinajstić information content (AvgIpc) is 3.31. The zero-order valence-corrected chi connectivity index (χ0v) is 16.8. The molecule has 1 saturated heterocycles. The molecule has 2 aliphatic rings. The molecule has 162 valence electrons. The molecule has 0 radical (unpaired) electrons. The Bertz CT molecular complexity index is 1080. The van der Waals surface area contributed by atoms with Gasteiger partial charge in [-0.2, -0.15) is 13.2 Å². The standard InChI is InChI=1S/C22H20F3N3O3/c1-13-4-6-15-16(10-13)21(31)28(20(15)30)12-19(29)26-17-11-14(22(23,24)25)5-7-18(17)27-8-2-3-9-27/h4-7,10-11H,2-3,8-9,12H2,1H3,(H,26,29). The molecule has 0 unspecified atom stereocenters. The number of halogens is 3. The highest BCUT2D eigenvalue weighted by atomic mass is 19.4. The minimum atomic E-state index is -4.57. The number of benzene rings is 2. The van der Waals surface area contributed by atoms with Crippen molar-refractivity contribution in [2.24, 2.45) is 0 Å². The first-order valence-electron chi connectivity index (χ1n) is 9.88. The van der Waals surface area contributed by atoms with E-state index in [9.17, 15) is 27.6 Å². The van der Waals surface area contributed by atoms with Gasteiger partial charge < -0.3 is 10.2 Å². The molecule has 0 bridgehead atoms. The molecule has 2 aromatic carbocycles. The van der Waals surface area contributed by atoms with Gasteiger partial charge in [-0.05, 0) is 50.1 Å². The lowest BCUT2D eigenvalue weighted by atomic mass is 10.1. The highest BCUT2D eigenvalue weighted by molar-refractivity contribution is 6.22. The Balaban J connectivity index is 1.57. The molecular formula is C22H20F3N3O3. The largest absolute Gasteiger partial charge is 0.416 e. The van der Waals surface area contributed by atoms with E-state index in [1.165, 1.54) is 12.1 Å². The van der Waals surface area contributed by atoms with Gasteiger partial charge in [0.25, 0.3) is 11.8 Å². The number of alkyl halides is 3. The highest BCUT2D eigenvalue weighted by Gasteiger charge is 2.37. The summed E-state index contributed by atoms with van der Waals surface area (Å²) in [5.41, 5.74) is 0.827. The molecule has 1 fully saturated rings. The Morgan fingerprint density at radius 1 is 1.00 bits per heavy atom. The SMILES string of the molecule is Cc1ccc2c(c1)C(=O)N(CC(=O)Nc1cc(C(F)(F)F)ccc1N1CCCC1)C2=O. The molecule has 0 aliphatic carbocycles. The summed E-state index contributed by atoms with van der Waals surface area (Å²) in [7, 11) is 0. The maximum Gasteiger partial charge on any atom is 0.416 e. The van der Waals surface area contributed by atoms with Crippen LogP contribution in [0.25, 0.3) is 0 Å². The molecule has 0 atom stereocenters. The van der Waals surface area contributed by atoms with Gasteiger partial charge in [-0.3, -0.25) is 19.3 Å². The quantitative estimate of drug-likeness (QED) is 0.747. The molecule has 31 heavy (non-hydrogen) atoms. The van der Waals surface area contributed by atoms with Gasteiger partial charge in [-0.15, -0.1) is 0 Å². The number of carbonyl (C=O) groups excluding carboxylic acids is 3. The predicted octanol–water partition coefficient (Wildman–Crippen LogP) is 3.85. The van der Waals surface area contributed by atoms with Crippen LogP contribution in [0.2, 0.25) is 0 Å². The van der Waals surface area contributed by atoms with Crippen LogP contribution in [0.4, 0.5) is 24.5 Å². The molecule has 2 heterocycles. The second kappa shape index (κ2) is 7.72. The lowest BCUT2D eigenvalue weighted by Gasteiger charge is -2.23. The van der Waals surface area contributed by atoms with Crippen molar-refractivity contribution in [3.05, 3.63) is 58.7 Å². The summed E-state index contributed by atoms with van der Waals surface area (Å²) in [6.45, 7) is 2.54. The normalized spacial score (nSPS) is 16.1. The van der Waals surface area contributed by atoms with Gasteiger partial charge in [0, 0.05) is 13.1 Å². The van der Waals surface area contributed by atoms with E-state index >= 15 is 0 Å². The van der Waals surface area contributed by atoms with Gasteiger partial charge in [0.05, 0.1) is 28.1 Å². The molecule has 3 amide bonds. The van der Waals surface area contributed by atoms with E-state index in [1.807, 2.05) is 4.90 Å². The van der Waals surface area contributed by atoms with Crippen molar-refractivity contribution >= 4 is 29.1 Å². The summed E-state index contributed by atoms with van der Waals surface area (Å²) >= 11 is 0. The number of imide groups is 1. The fourth-order valence-electron chi connectivity index (χ4n) is 3.93. The van der Waals surface area contributed by atoms with Gasteiger partial charge in [0.2, 0.25) is 5.91 Å². The third-order valence-electron chi connectivity index (χ3n) is 5.47. The van der Waals surface area contributed by atoms with E-state index in [2.05, 4.69) is 5.32 Å². The second-order valence-corrected chi connectivity index (χ2v) is 7.72. The number of aryl methyl sites for hydroxylation is 1. The highest BCUT2D eigenvalue weighted by Crippen LogP contribution is 2.36. The first kappa shape index (κ1) is 20.9. The lowest BCUT2D eigenvalue weighted by molar-refractivity contribution is -0.137. The van der Waals surface area contributed by atoms with E-state index in [1.54, 1.807) is 19.1 Å². The molecule has 0 saturated carbocycles. The Labute approximate surface area is 176 Å². The first-order valence-corrected chi connectivity index (χ1v) is 9.88. The fraction of sp³-hybridized carbons (Fsp3) is 0.318. The van der Waals surface area contributed by atoms with Crippen LogP contribution in [0.1, 0.15) is 44.7 Å². The molecule has 0 aromatic heterocycles. The second-order valence-electron chi connectivity index (χ2n) is 7.72. The number of hydrogen-bond acceptors (Lipinski definition) is 4. The van der Waals surface area contributed by atoms with E-state index in [0.717, 1.165) is 35.4 Å². The number of anilines is 2. The van der Waals surface area contributed by atoms with Gasteiger partial charge in [-0.1, -0.05) is 11.6 Å². The molecule has 2 aliphatic heterocycles. The molecule has 1 N–H and O–H groups in total. The van der Waals surface area contributed by atoms with E-state index in [-0.39, 0.29) is 16.8 Å². The van der Waals surface area contributed by atoms with Crippen LogP contribution >= 0.6 is 0 Å². The minimum Gasteiger partial charge on any atom is -0.370 e. The predicted molar refractivity (Wildman–Crippen MR) is 108 cm³/mol. The fourth-order valence-corrected chi connectivity index (χ4v) is 3.93. The first-order chi connectivity index (χ1) is 14.6. The van der Waals surface area contributed by atoms with Crippen molar-refractivity contribution in [2.45, 2.75) is 25.9 Å². The smallest absolute Gasteiger partial charge is 0.370 e. The molecule has 2 aromatic rings. The summed E-state index contributed by atoms with van der Waals surface area (Å²) in [6.07, 6.45) is -2.75. The number of carbonyl (C=O) groups is 3. The summed E-state index contributed by atoms with van der Waals surface area (Å²) < 4.78 is 39.6. The Kier molecular flexibility index (Phi) is 5.20. The zero-order valence-electron chi connectivity index (χ0n) is 16.8. The van der Waals surface area contributed by atoms with Gasteiger partial charge in [0.15, 0.2) is 0 Å². The van der Waals surface area contributed by atoms with Gasteiger partial charge in [-0.25, -0.2) is 0 Å². The van der Waals surface area contributed by atoms with Crippen LogP contribution in [-0.4, -0.2) is 42.3 Å². The van der Waals surface area contributed by atoms with Crippen molar-refractivity contribution < 1.29 is 27.6 Å². The summed E-state index contributed by atoms with van der Waals surface area (Å²) in [4.78, 5) is 40.5. The number of fused-ring (bicyclic) bond motifs is 1. The lowest BCUT2D eigenvalue weighted by Crippen LogP contribution is -2.37. The minimum absolute atomic E-state index is 0.00850. The van der Waals surface area contributed by atoms with Gasteiger partial charge in [0.1, 0.15) is 6.54 Å². The van der Waals surface area contributed by atoms with Crippen LogP contribution in [0.15, 0.2) is 36.4 Å². The summed E-state index contributed by atoms with van der Waals surface area (Å²) in [5.74, 6) is -1.94. The summed E-state index contributed by atoms with van der Waals surface area (Å²) in [6, 6.07) is 8.01. The van der Waals surface area contributed by atoms with E-state index in [0.29, 0.717) is 18.8 Å². The van der Waals surface area contributed by atoms with Crippen molar-refractivity contribution in [1.82, 2.24) is 4.90 Å². The molecule has 9 heteroatoms. The van der Waals surface area contributed by atoms with Crippen LogP contribution < -0.4 is 10.2 Å². The van der Waals surface area contributed by atoms with Gasteiger partial charge >= 0.3 is 6.18 Å². The maximum absolute atomic E-state index is 13.2. The Morgan fingerprint density at radius 3 is 2.35 bits per heavy atom. The van der Waals surface area contributed by atoms with Crippen LogP contribution in [0, 0.1) is 6.92 Å². The maximum atomic E-state index is 13.2. The van der Waals surface area contributed by atoms with E-state index in [4.69, 9.17) is 0 Å². The van der Waals surface area contributed by atoms with Crippen LogP contribution in [0.5, 0.6) is 0 Å². The van der Waals surface area contributed by atoms with Crippen molar-refractivity contribution in [2.75, 3.05) is 29.9 Å². The van der Waals surface area contributed by atoms with Crippen LogP contribution in [-0.2, 0) is 11.0 Å². The van der Waals surface area contributed by atoms with Crippen molar-refractivity contribution in [3.8, 4) is 0 Å². The topological polar surface area (TPSA) is 69.7 Å². The van der Waals surface area contributed by atoms with Crippen LogP contribution in [0.3, 0.4) is 0 Å². The third kappa shape index (κ3) is 3.99. The molecule has 6 nitrogen and oxygen atoms in total. The number of hydrogen-bond donors (Lipinski definition) is 1. The van der Waals surface area contributed by atoms with Crippen molar-refractivity contribution in [3.63, 3.8) is 0 Å².